The van der Waals surface area contributed by atoms with Crippen LogP contribution in [0, 0.1) is 5.82 Å². The zero-order chi connectivity index (χ0) is 14.4. The number of esters is 1. The minimum Gasteiger partial charge on any atom is -0.483 e. The highest BCUT2D eigenvalue weighted by Gasteiger charge is 2.16. The quantitative estimate of drug-likeness (QED) is 0.832. The molecule has 1 atom stereocenters. The summed E-state index contributed by atoms with van der Waals surface area (Å²) in [7, 11) is 1.23. The predicted octanol–water partition coefficient (Wildman–Crippen LogP) is 1.64. The van der Waals surface area contributed by atoms with Crippen LogP contribution in [0.5, 0.6) is 5.75 Å². The van der Waals surface area contributed by atoms with Crippen LogP contribution in [0.3, 0.4) is 0 Å². The van der Waals surface area contributed by atoms with Crippen LogP contribution in [0.4, 0.5) is 4.39 Å². The number of rotatable bonds is 5. The molecule has 0 heterocycles. The maximum atomic E-state index is 12.8. The third-order valence-electron chi connectivity index (χ3n) is 2.18. The first-order chi connectivity index (χ1) is 8.93. The summed E-state index contributed by atoms with van der Waals surface area (Å²) in [5, 5.41) is 2.40. The number of halogens is 2. The minimum atomic E-state index is -0.752. The third-order valence-corrected chi connectivity index (χ3v) is 2.80. The van der Waals surface area contributed by atoms with Crippen LogP contribution in [-0.2, 0) is 14.3 Å². The number of methoxy groups -OCH3 is 1. The van der Waals surface area contributed by atoms with Crippen molar-refractivity contribution in [1.29, 1.82) is 0 Å². The van der Waals surface area contributed by atoms with E-state index in [1.165, 1.54) is 32.2 Å². The lowest BCUT2D eigenvalue weighted by molar-refractivity contribution is -0.144. The summed E-state index contributed by atoms with van der Waals surface area (Å²) >= 11 is 3.11. The summed E-state index contributed by atoms with van der Waals surface area (Å²) in [5.74, 6) is -1.10. The molecule has 19 heavy (non-hydrogen) atoms. The molecule has 0 aliphatic carbocycles. The summed E-state index contributed by atoms with van der Waals surface area (Å²) in [4.78, 5) is 22.6. The summed E-state index contributed by atoms with van der Waals surface area (Å²) in [6, 6.07) is 3.09. The molecule has 0 aliphatic rings. The molecule has 0 radical (unpaired) electrons. The fourth-order valence-electron chi connectivity index (χ4n) is 1.25. The lowest BCUT2D eigenvalue weighted by atomic mass is 10.3. The highest BCUT2D eigenvalue weighted by molar-refractivity contribution is 9.10. The minimum absolute atomic E-state index is 0.286. The molecular weight excluding hydrogens is 321 g/mol. The topological polar surface area (TPSA) is 64.6 Å². The Morgan fingerprint density at radius 1 is 1.47 bits per heavy atom. The monoisotopic (exact) mass is 333 g/mol. The molecule has 0 saturated carbocycles. The predicted molar refractivity (Wildman–Crippen MR) is 69.2 cm³/mol. The second kappa shape index (κ2) is 7.08. The molecule has 1 aromatic carbocycles. The standard InChI is InChI=1S/C12H13BrFNO4/c1-7(12(17)18-2)15-11(16)6-19-10-4-3-8(14)5-9(10)13/h3-5,7H,6H2,1-2H3,(H,15,16). The van der Waals surface area contributed by atoms with Crippen LogP contribution >= 0.6 is 15.9 Å². The first-order valence-electron chi connectivity index (χ1n) is 5.39. The Bertz CT molecular complexity index is 481. The third kappa shape index (κ3) is 4.86. The van der Waals surface area contributed by atoms with E-state index in [0.717, 1.165) is 0 Å². The number of ether oxygens (including phenoxy) is 2. The molecule has 104 valence electrons. The van der Waals surface area contributed by atoms with Gasteiger partial charge in [-0.1, -0.05) is 0 Å². The van der Waals surface area contributed by atoms with Gasteiger partial charge in [0.05, 0.1) is 11.6 Å². The molecule has 0 fully saturated rings. The molecule has 7 heteroatoms. The summed E-state index contributed by atoms with van der Waals surface area (Å²) in [6.45, 7) is 1.21. The highest BCUT2D eigenvalue weighted by Crippen LogP contribution is 2.25. The number of carbonyl (C=O) groups is 2. The Labute approximate surface area is 118 Å². The van der Waals surface area contributed by atoms with Crippen LogP contribution in [0.25, 0.3) is 0 Å². The van der Waals surface area contributed by atoms with Gasteiger partial charge in [0.1, 0.15) is 17.6 Å². The number of carbonyl (C=O) groups excluding carboxylic acids is 2. The second-order valence-electron chi connectivity index (χ2n) is 3.68. The number of nitrogens with one attached hydrogen (secondary N) is 1. The van der Waals surface area contributed by atoms with Crippen molar-refractivity contribution in [3.63, 3.8) is 0 Å². The van der Waals surface area contributed by atoms with Gasteiger partial charge in [-0.25, -0.2) is 9.18 Å². The SMILES string of the molecule is COC(=O)C(C)NC(=O)COc1ccc(F)cc1Br. The average Bonchev–Trinajstić information content (AvgIpc) is 2.36. The van der Waals surface area contributed by atoms with Crippen molar-refractivity contribution in [1.82, 2.24) is 5.32 Å². The Kier molecular flexibility index (Phi) is 5.75. The van der Waals surface area contributed by atoms with E-state index in [1.807, 2.05) is 0 Å². The largest absolute Gasteiger partial charge is 0.483 e. The van der Waals surface area contributed by atoms with Gasteiger partial charge in [0.25, 0.3) is 5.91 Å². The van der Waals surface area contributed by atoms with Gasteiger partial charge < -0.3 is 14.8 Å². The second-order valence-corrected chi connectivity index (χ2v) is 4.53. The number of hydrogen-bond acceptors (Lipinski definition) is 4. The molecular formula is C12H13BrFNO4. The van der Waals surface area contributed by atoms with Crippen molar-refractivity contribution in [3.05, 3.63) is 28.5 Å². The van der Waals surface area contributed by atoms with Crippen molar-refractivity contribution in [2.24, 2.45) is 0 Å². The Hall–Kier alpha value is -1.63. The molecule has 0 bridgehead atoms. The smallest absolute Gasteiger partial charge is 0.328 e. The fraction of sp³-hybridized carbons (Fsp3) is 0.333. The van der Waals surface area contributed by atoms with Gasteiger partial charge in [0.15, 0.2) is 6.61 Å². The maximum Gasteiger partial charge on any atom is 0.328 e. The Balaban J connectivity index is 2.48. The molecule has 1 amide bonds. The molecule has 1 rings (SSSR count). The molecule has 1 N–H and O–H groups in total. The number of benzene rings is 1. The van der Waals surface area contributed by atoms with Crippen molar-refractivity contribution in [3.8, 4) is 5.75 Å². The van der Waals surface area contributed by atoms with Gasteiger partial charge in [0.2, 0.25) is 0 Å². The van der Waals surface area contributed by atoms with Gasteiger partial charge in [-0.2, -0.15) is 0 Å². The molecule has 1 aromatic rings. The lowest BCUT2D eigenvalue weighted by Crippen LogP contribution is -2.41. The summed E-state index contributed by atoms with van der Waals surface area (Å²) in [6.07, 6.45) is 0. The summed E-state index contributed by atoms with van der Waals surface area (Å²) < 4.78 is 22.9. The number of hydrogen-bond donors (Lipinski definition) is 1. The number of amides is 1. The Morgan fingerprint density at radius 3 is 2.74 bits per heavy atom. The van der Waals surface area contributed by atoms with Gasteiger partial charge >= 0.3 is 5.97 Å². The van der Waals surface area contributed by atoms with Gasteiger partial charge in [-0.05, 0) is 41.1 Å². The van der Waals surface area contributed by atoms with Crippen molar-refractivity contribution < 1.29 is 23.5 Å². The van der Waals surface area contributed by atoms with E-state index in [9.17, 15) is 14.0 Å². The maximum absolute atomic E-state index is 12.8. The first kappa shape index (κ1) is 15.4. The molecule has 5 nitrogen and oxygen atoms in total. The highest BCUT2D eigenvalue weighted by atomic mass is 79.9. The molecule has 0 saturated heterocycles. The molecule has 1 unspecified atom stereocenters. The van der Waals surface area contributed by atoms with Crippen molar-refractivity contribution in [2.75, 3.05) is 13.7 Å². The lowest BCUT2D eigenvalue weighted by Gasteiger charge is -2.12. The van der Waals surface area contributed by atoms with E-state index < -0.39 is 23.7 Å². The van der Waals surface area contributed by atoms with Crippen LogP contribution in [0.15, 0.2) is 22.7 Å². The first-order valence-corrected chi connectivity index (χ1v) is 6.18. The summed E-state index contributed by atoms with van der Waals surface area (Å²) in [5.41, 5.74) is 0. The van der Waals surface area contributed by atoms with Gasteiger partial charge in [0, 0.05) is 0 Å². The molecule has 0 aromatic heterocycles. The fourth-order valence-corrected chi connectivity index (χ4v) is 1.72. The van der Waals surface area contributed by atoms with Gasteiger partial charge in [-0.3, -0.25) is 4.79 Å². The molecule has 0 spiro atoms. The molecule has 0 aliphatic heterocycles. The van der Waals surface area contributed by atoms with E-state index in [2.05, 4.69) is 26.0 Å². The van der Waals surface area contributed by atoms with Crippen molar-refractivity contribution >= 4 is 27.8 Å². The van der Waals surface area contributed by atoms with Crippen LogP contribution in [0.1, 0.15) is 6.92 Å². The zero-order valence-electron chi connectivity index (χ0n) is 10.4. The van der Waals surface area contributed by atoms with E-state index in [0.29, 0.717) is 10.2 Å². The zero-order valence-corrected chi connectivity index (χ0v) is 12.0. The van der Waals surface area contributed by atoms with Crippen molar-refractivity contribution in [2.45, 2.75) is 13.0 Å². The van der Waals surface area contributed by atoms with E-state index in [4.69, 9.17) is 4.74 Å². The van der Waals surface area contributed by atoms with Gasteiger partial charge in [-0.15, -0.1) is 0 Å². The van der Waals surface area contributed by atoms with Crippen LogP contribution in [0.2, 0.25) is 0 Å². The normalized spacial score (nSPS) is 11.6. The van der Waals surface area contributed by atoms with Crippen LogP contribution in [-0.4, -0.2) is 31.6 Å². The average molecular weight is 334 g/mol. The van der Waals surface area contributed by atoms with E-state index in [-0.39, 0.29) is 6.61 Å². The van der Waals surface area contributed by atoms with E-state index >= 15 is 0 Å². The van der Waals surface area contributed by atoms with E-state index in [1.54, 1.807) is 0 Å². The van der Waals surface area contributed by atoms with Crippen LogP contribution < -0.4 is 10.1 Å². The Morgan fingerprint density at radius 2 is 2.16 bits per heavy atom.